The molecular formula is C13H13F2NO. The molecule has 0 spiro atoms. The van der Waals surface area contributed by atoms with Crippen LogP contribution in [0.1, 0.15) is 31.4 Å². The Labute approximate surface area is 98.6 Å². The van der Waals surface area contributed by atoms with Crippen molar-refractivity contribution in [1.82, 2.24) is 0 Å². The number of aliphatic imine (C=N–C) groups is 1. The van der Waals surface area contributed by atoms with Crippen molar-refractivity contribution in [3.63, 3.8) is 0 Å². The van der Waals surface area contributed by atoms with Crippen LogP contribution in [0, 0.1) is 0 Å². The van der Waals surface area contributed by atoms with E-state index in [4.69, 9.17) is 4.74 Å². The highest BCUT2D eigenvalue weighted by Crippen LogP contribution is 2.27. The molecule has 2 rings (SSSR count). The van der Waals surface area contributed by atoms with Gasteiger partial charge in [-0.1, -0.05) is 18.2 Å². The van der Waals surface area contributed by atoms with Gasteiger partial charge in [0.05, 0.1) is 5.70 Å². The van der Waals surface area contributed by atoms with Gasteiger partial charge >= 0.3 is 0 Å². The van der Waals surface area contributed by atoms with Crippen LogP contribution in [0.4, 0.5) is 8.78 Å². The zero-order valence-electron chi connectivity index (χ0n) is 9.71. The quantitative estimate of drug-likeness (QED) is 0.766. The van der Waals surface area contributed by atoms with Crippen LogP contribution in [-0.4, -0.2) is 12.5 Å². The molecule has 0 bridgehead atoms. The first-order valence-electron chi connectivity index (χ1n) is 5.34. The van der Waals surface area contributed by atoms with Gasteiger partial charge in [0.1, 0.15) is 6.61 Å². The summed E-state index contributed by atoms with van der Waals surface area (Å²) >= 11 is 0. The molecule has 0 unspecified atom stereocenters. The molecule has 1 heterocycles. The van der Waals surface area contributed by atoms with Gasteiger partial charge in [-0.3, -0.25) is 0 Å². The number of hydrogen-bond acceptors (Lipinski definition) is 2. The van der Waals surface area contributed by atoms with E-state index in [0.29, 0.717) is 18.1 Å². The van der Waals surface area contributed by atoms with Crippen LogP contribution in [-0.2, 0) is 4.74 Å². The average Bonchev–Trinajstić information content (AvgIpc) is 2.32. The summed E-state index contributed by atoms with van der Waals surface area (Å²) < 4.78 is 30.5. The molecule has 0 radical (unpaired) electrons. The first kappa shape index (κ1) is 11.8. The zero-order chi connectivity index (χ0) is 12.4. The van der Waals surface area contributed by atoms with E-state index in [0.717, 1.165) is 11.3 Å². The SMILES string of the molecule is CC1=NC(c2cccc(C(F)F)c2)=C(C)CO1. The average molecular weight is 237 g/mol. The first-order chi connectivity index (χ1) is 8.08. The number of halogens is 2. The van der Waals surface area contributed by atoms with Crippen LogP contribution >= 0.6 is 0 Å². The molecule has 0 saturated carbocycles. The molecule has 90 valence electrons. The highest BCUT2D eigenvalue weighted by atomic mass is 19.3. The van der Waals surface area contributed by atoms with Gasteiger partial charge in [0, 0.05) is 18.1 Å². The molecule has 0 amide bonds. The van der Waals surface area contributed by atoms with Gasteiger partial charge in [0.2, 0.25) is 0 Å². The van der Waals surface area contributed by atoms with Gasteiger partial charge in [-0.15, -0.1) is 0 Å². The lowest BCUT2D eigenvalue weighted by molar-refractivity contribution is 0.151. The maximum Gasteiger partial charge on any atom is 0.263 e. The zero-order valence-corrected chi connectivity index (χ0v) is 9.71. The minimum absolute atomic E-state index is 0.0159. The van der Waals surface area contributed by atoms with Crippen molar-refractivity contribution in [2.24, 2.45) is 4.99 Å². The molecule has 0 saturated heterocycles. The number of benzene rings is 1. The van der Waals surface area contributed by atoms with Gasteiger partial charge in [0.25, 0.3) is 6.43 Å². The smallest absolute Gasteiger partial charge is 0.263 e. The van der Waals surface area contributed by atoms with Crippen molar-refractivity contribution >= 4 is 11.6 Å². The Hall–Kier alpha value is -1.71. The minimum atomic E-state index is -2.46. The third kappa shape index (κ3) is 2.52. The fourth-order valence-corrected chi connectivity index (χ4v) is 1.70. The summed E-state index contributed by atoms with van der Waals surface area (Å²) in [6, 6.07) is 6.30. The van der Waals surface area contributed by atoms with E-state index in [9.17, 15) is 8.78 Å². The Balaban J connectivity index is 2.43. The number of rotatable bonds is 2. The number of nitrogens with zero attached hydrogens (tertiary/aromatic N) is 1. The lowest BCUT2D eigenvalue weighted by atomic mass is 10.0. The molecule has 1 aliphatic heterocycles. The van der Waals surface area contributed by atoms with Crippen LogP contribution in [0.5, 0.6) is 0 Å². The van der Waals surface area contributed by atoms with E-state index in [1.165, 1.54) is 12.1 Å². The molecule has 2 nitrogen and oxygen atoms in total. The largest absolute Gasteiger partial charge is 0.476 e. The van der Waals surface area contributed by atoms with Gasteiger partial charge < -0.3 is 4.74 Å². The van der Waals surface area contributed by atoms with Crippen molar-refractivity contribution in [1.29, 1.82) is 0 Å². The van der Waals surface area contributed by atoms with Crippen LogP contribution in [0.3, 0.4) is 0 Å². The third-order valence-corrected chi connectivity index (χ3v) is 2.58. The molecule has 4 heteroatoms. The second-order valence-corrected chi connectivity index (χ2v) is 3.97. The normalized spacial score (nSPS) is 15.9. The second-order valence-electron chi connectivity index (χ2n) is 3.97. The van der Waals surface area contributed by atoms with Gasteiger partial charge in [0.15, 0.2) is 5.90 Å². The van der Waals surface area contributed by atoms with E-state index in [1.807, 2.05) is 6.92 Å². The Morgan fingerprint density at radius 3 is 2.76 bits per heavy atom. The molecule has 0 aliphatic carbocycles. The molecule has 1 aliphatic rings. The lowest BCUT2D eigenvalue weighted by Crippen LogP contribution is -2.10. The Bertz CT molecular complexity index is 492. The highest BCUT2D eigenvalue weighted by molar-refractivity contribution is 5.85. The van der Waals surface area contributed by atoms with Crippen molar-refractivity contribution in [3.8, 4) is 0 Å². The van der Waals surface area contributed by atoms with Gasteiger partial charge in [-0.05, 0) is 18.6 Å². The first-order valence-corrected chi connectivity index (χ1v) is 5.34. The van der Waals surface area contributed by atoms with Crippen LogP contribution in [0.15, 0.2) is 34.8 Å². The molecule has 17 heavy (non-hydrogen) atoms. The summed E-state index contributed by atoms with van der Waals surface area (Å²) in [5.41, 5.74) is 2.41. The summed E-state index contributed by atoms with van der Waals surface area (Å²) in [7, 11) is 0. The highest BCUT2D eigenvalue weighted by Gasteiger charge is 2.14. The van der Waals surface area contributed by atoms with Crippen LogP contribution in [0.25, 0.3) is 5.70 Å². The summed E-state index contributed by atoms with van der Waals surface area (Å²) in [4.78, 5) is 4.26. The standard InChI is InChI=1S/C13H13F2NO/c1-8-7-17-9(2)16-12(8)10-4-3-5-11(6-10)13(14)15/h3-6,13H,7H2,1-2H3. The summed E-state index contributed by atoms with van der Waals surface area (Å²) in [5, 5.41) is 0. The van der Waals surface area contributed by atoms with E-state index in [1.54, 1.807) is 19.1 Å². The monoisotopic (exact) mass is 237 g/mol. The van der Waals surface area contributed by atoms with Crippen LogP contribution in [0.2, 0.25) is 0 Å². The van der Waals surface area contributed by atoms with E-state index in [-0.39, 0.29) is 5.56 Å². The maximum atomic E-state index is 12.6. The van der Waals surface area contributed by atoms with Crippen molar-refractivity contribution in [3.05, 3.63) is 41.0 Å². The molecule has 1 aromatic carbocycles. The predicted octanol–water partition coefficient (Wildman–Crippen LogP) is 3.80. The molecule has 1 aromatic rings. The minimum Gasteiger partial charge on any atom is -0.476 e. The van der Waals surface area contributed by atoms with Crippen molar-refractivity contribution in [2.45, 2.75) is 20.3 Å². The fourth-order valence-electron chi connectivity index (χ4n) is 1.70. The molecule has 0 fully saturated rings. The second kappa shape index (κ2) is 4.65. The molecule has 0 atom stereocenters. The van der Waals surface area contributed by atoms with Crippen molar-refractivity contribution < 1.29 is 13.5 Å². The summed E-state index contributed by atoms with van der Waals surface area (Å²) in [6.45, 7) is 4.10. The molecular weight excluding hydrogens is 224 g/mol. The van der Waals surface area contributed by atoms with Crippen LogP contribution < -0.4 is 0 Å². The summed E-state index contributed by atoms with van der Waals surface area (Å²) in [5.74, 6) is 0.563. The maximum absolute atomic E-state index is 12.6. The Morgan fingerprint density at radius 2 is 2.06 bits per heavy atom. The molecule has 0 N–H and O–H groups in total. The number of alkyl halides is 2. The Kier molecular flexibility index (Phi) is 3.22. The van der Waals surface area contributed by atoms with Gasteiger partial charge in [-0.25, -0.2) is 13.8 Å². The van der Waals surface area contributed by atoms with E-state index < -0.39 is 6.43 Å². The fraction of sp³-hybridized carbons (Fsp3) is 0.308. The third-order valence-electron chi connectivity index (χ3n) is 2.58. The molecule has 0 aromatic heterocycles. The van der Waals surface area contributed by atoms with E-state index in [2.05, 4.69) is 4.99 Å². The lowest BCUT2D eigenvalue weighted by Gasteiger charge is -2.16. The number of hydrogen-bond donors (Lipinski definition) is 0. The predicted molar refractivity (Wildman–Crippen MR) is 63.1 cm³/mol. The Morgan fingerprint density at radius 1 is 1.29 bits per heavy atom. The summed E-state index contributed by atoms with van der Waals surface area (Å²) in [6.07, 6.45) is -2.46. The van der Waals surface area contributed by atoms with E-state index >= 15 is 0 Å². The topological polar surface area (TPSA) is 21.6 Å². The van der Waals surface area contributed by atoms with Gasteiger partial charge in [-0.2, -0.15) is 0 Å². The van der Waals surface area contributed by atoms with Crippen molar-refractivity contribution in [2.75, 3.05) is 6.61 Å². The number of ether oxygens (including phenoxy) is 1.